The number of nitrogens with two attached hydrogens (primary N) is 1. The molecule has 0 fully saturated rings. The minimum atomic E-state index is -0.371. The maximum absolute atomic E-state index is 11.4. The predicted molar refractivity (Wildman–Crippen MR) is 55.3 cm³/mol. The molecule has 0 spiro atoms. The van der Waals surface area contributed by atoms with Crippen LogP contribution in [0, 0.1) is 11.8 Å². The van der Waals surface area contributed by atoms with E-state index in [-0.39, 0.29) is 17.9 Å². The van der Waals surface area contributed by atoms with Crippen molar-refractivity contribution in [1.29, 1.82) is 0 Å². The van der Waals surface area contributed by atoms with Gasteiger partial charge in [0, 0.05) is 6.54 Å². The average Bonchev–Trinajstić information content (AvgIpc) is 2.11. The van der Waals surface area contributed by atoms with Crippen molar-refractivity contribution in [1.82, 2.24) is 5.32 Å². The minimum Gasteiger partial charge on any atom is -0.354 e. The molecule has 0 aromatic rings. The van der Waals surface area contributed by atoms with Crippen LogP contribution in [0.4, 0.5) is 0 Å². The van der Waals surface area contributed by atoms with Gasteiger partial charge in [-0.05, 0) is 11.8 Å². The van der Waals surface area contributed by atoms with Crippen LogP contribution >= 0.6 is 0 Å². The van der Waals surface area contributed by atoms with E-state index in [0.29, 0.717) is 5.92 Å². The quantitative estimate of drug-likeness (QED) is 0.676. The highest BCUT2D eigenvalue weighted by atomic mass is 16.2. The van der Waals surface area contributed by atoms with E-state index in [4.69, 9.17) is 5.73 Å². The van der Waals surface area contributed by atoms with Gasteiger partial charge in [0.1, 0.15) is 0 Å². The first-order valence-corrected chi connectivity index (χ1v) is 5.02. The first-order chi connectivity index (χ1) is 5.99. The van der Waals surface area contributed by atoms with Gasteiger partial charge in [-0.25, -0.2) is 0 Å². The highest BCUT2D eigenvalue weighted by Gasteiger charge is 2.16. The largest absolute Gasteiger partial charge is 0.354 e. The van der Waals surface area contributed by atoms with Crippen molar-refractivity contribution in [3.05, 3.63) is 0 Å². The summed E-state index contributed by atoms with van der Waals surface area (Å²) in [6.07, 6.45) is 1.08. The molecule has 0 aromatic heterocycles. The summed E-state index contributed by atoms with van der Waals surface area (Å²) in [6.45, 7) is 8.86. The van der Waals surface area contributed by atoms with Crippen LogP contribution in [0.15, 0.2) is 0 Å². The molecule has 1 unspecified atom stereocenters. The van der Waals surface area contributed by atoms with Crippen LogP contribution < -0.4 is 11.1 Å². The smallest absolute Gasteiger partial charge is 0.237 e. The van der Waals surface area contributed by atoms with Gasteiger partial charge >= 0.3 is 0 Å². The van der Waals surface area contributed by atoms with Gasteiger partial charge in [0.25, 0.3) is 0 Å². The number of carbonyl (C=O) groups excluding carboxylic acids is 1. The van der Waals surface area contributed by atoms with Crippen molar-refractivity contribution in [2.24, 2.45) is 17.6 Å². The summed E-state index contributed by atoms with van der Waals surface area (Å²) in [5, 5.41) is 2.85. The van der Waals surface area contributed by atoms with Crippen molar-refractivity contribution >= 4 is 5.91 Å². The van der Waals surface area contributed by atoms with E-state index in [2.05, 4.69) is 19.2 Å². The molecular weight excluding hydrogens is 164 g/mol. The van der Waals surface area contributed by atoms with Crippen LogP contribution in [-0.4, -0.2) is 18.5 Å². The van der Waals surface area contributed by atoms with Gasteiger partial charge in [-0.1, -0.05) is 34.1 Å². The second-order valence-corrected chi connectivity index (χ2v) is 4.03. The predicted octanol–water partition coefficient (Wildman–Crippen LogP) is 1.13. The van der Waals surface area contributed by atoms with Crippen LogP contribution in [0.3, 0.4) is 0 Å². The van der Waals surface area contributed by atoms with Crippen molar-refractivity contribution < 1.29 is 4.79 Å². The Morgan fingerprint density at radius 2 is 1.92 bits per heavy atom. The van der Waals surface area contributed by atoms with Crippen LogP contribution in [-0.2, 0) is 4.79 Å². The van der Waals surface area contributed by atoms with Crippen molar-refractivity contribution in [3.8, 4) is 0 Å². The highest BCUT2D eigenvalue weighted by Crippen LogP contribution is 2.00. The molecule has 0 aliphatic heterocycles. The maximum Gasteiger partial charge on any atom is 0.237 e. The fourth-order valence-corrected chi connectivity index (χ4v) is 0.840. The van der Waals surface area contributed by atoms with E-state index < -0.39 is 0 Å². The Bertz CT molecular complexity index is 157. The number of hydrogen-bond acceptors (Lipinski definition) is 2. The lowest BCUT2D eigenvalue weighted by atomic mass is 10.0. The summed E-state index contributed by atoms with van der Waals surface area (Å²) < 4.78 is 0. The van der Waals surface area contributed by atoms with E-state index in [1.54, 1.807) is 0 Å². The zero-order valence-corrected chi connectivity index (χ0v) is 9.13. The van der Waals surface area contributed by atoms with Gasteiger partial charge in [-0.3, -0.25) is 4.79 Å². The highest BCUT2D eigenvalue weighted by molar-refractivity contribution is 5.81. The maximum atomic E-state index is 11.4. The molecule has 0 heterocycles. The third kappa shape index (κ3) is 4.88. The second-order valence-electron chi connectivity index (χ2n) is 4.03. The van der Waals surface area contributed by atoms with Crippen LogP contribution in [0.25, 0.3) is 0 Å². The minimum absolute atomic E-state index is 0.0321. The van der Waals surface area contributed by atoms with Gasteiger partial charge in [0.05, 0.1) is 6.04 Å². The second kappa shape index (κ2) is 5.97. The molecule has 0 aromatic carbocycles. The zero-order chi connectivity index (χ0) is 10.4. The topological polar surface area (TPSA) is 55.1 Å². The molecule has 0 saturated carbocycles. The summed E-state index contributed by atoms with van der Waals surface area (Å²) in [5.74, 6) is 0.704. The molecule has 0 saturated heterocycles. The number of carbonyl (C=O) groups is 1. The van der Waals surface area contributed by atoms with Crippen LogP contribution in [0.5, 0.6) is 0 Å². The third-order valence-electron chi connectivity index (χ3n) is 2.34. The molecule has 1 amide bonds. The monoisotopic (exact) mass is 186 g/mol. The van der Waals surface area contributed by atoms with Gasteiger partial charge in [-0.2, -0.15) is 0 Å². The Labute approximate surface area is 81.1 Å². The van der Waals surface area contributed by atoms with E-state index >= 15 is 0 Å². The molecule has 2 atom stereocenters. The van der Waals surface area contributed by atoms with Crippen LogP contribution in [0.1, 0.15) is 34.1 Å². The molecule has 0 bridgehead atoms. The summed E-state index contributed by atoms with van der Waals surface area (Å²) >= 11 is 0. The SMILES string of the molecule is CCC(C)CNC(=O)[C@@H](N)C(C)C. The third-order valence-corrected chi connectivity index (χ3v) is 2.34. The lowest BCUT2D eigenvalue weighted by molar-refractivity contribution is -0.123. The van der Waals surface area contributed by atoms with Crippen molar-refractivity contribution in [2.75, 3.05) is 6.54 Å². The first kappa shape index (κ1) is 12.4. The summed E-state index contributed by atoms with van der Waals surface area (Å²) in [7, 11) is 0. The number of nitrogens with one attached hydrogen (secondary N) is 1. The molecule has 0 aliphatic carbocycles. The number of amides is 1. The molecule has 0 rings (SSSR count). The number of hydrogen-bond donors (Lipinski definition) is 2. The van der Waals surface area contributed by atoms with Gasteiger partial charge < -0.3 is 11.1 Å². The molecule has 0 aliphatic rings. The van der Waals surface area contributed by atoms with Crippen molar-refractivity contribution in [2.45, 2.75) is 40.2 Å². The standard InChI is InChI=1S/C10H22N2O/c1-5-8(4)6-12-10(13)9(11)7(2)3/h7-9H,5-6,11H2,1-4H3,(H,12,13)/t8?,9-/m0/s1. The summed E-state index contributed by atoms with van der Waals surface area (Å²) in [5.41, 5.74) is 5.68. The van der Waals surface area contributed by atoms with Gasteiger partial charge in [0.15, 0.2) is 0 Å². The lowest BCUT2D eigenvalue weighted by Gasteiger charge is -2.17. The Hall–Kier alpha value is -0.570. The molecule has 3 nitrogen and oxygen atoms in total. The molecule has 0 radical (unpaired) electrons. The molecule has 3 N–H and O–H groups in total. The van der Waals surface area contributed by atoms with Crippen molar-refractivity contribution in [3.63, 3.8) is 0 Å². The Morgan fingerprint density at radius 3 is 2.31 bits per heavy atom. The van der Waals surface area contributed by atoms with Crippen LogP contribution in [0.2, 0.25) is 0 Å². The van der Waals surface area contributed by atoms with Gasteiger partial charge in [-0.15, -0.1) is 0 Å². The Kier molecular flexibility index (Phi) is 5.71. The Morgan fingerprint density at radius 1 is 1.38 bits per heavy atom. The van der Waals surface area contributed by atoms with E-state index in [1.165, 1.54) is 0 Å². The summed E-state index contributed by atoms with van der Waals surface area (Å²) in [6, 6.07) is -0.371. The number of rotatable bonds is 5. The lowest BCUT2D eigenvalue weighted by Crippen LogP contribution is -2.45. The fraction of sp³-hybridized carbons (Fsp3) is 0.900. The van der Waals surface area contributed by atoms with E-state index in [1.807, 2.05) is 13.8 Å². The molecule has 78 valence electrons. The summed E-state index contributed by atoms with van der Waals surface area (Å²) in [4.78, 5) is 11.4. The fourth-order valence-electron chi connectivity index (χ4n) is 0.840. The normalized spacial score (nSPS) is 15.5. The van der Waals surface area contributed by atoms with Gasteiger partial charge in [0.2, 0.25) is 5.91 Å². The average molecular weight is 186 g/mol. The molecule has 3 heteroatoms. The van der Waals surface area contributed by atoms with E-state index in [0.717, 1.165) is 13.0 Å². The first-order valence-electron chi connectivity index (χ1n) is 5.02. The molecular formula is C10H22N2O. The molecule has 13 heavy (non-hydrogen) atoms. The van der Waals surface area contributed by atoms with E-state index in [9.17, 15) is 4.79 Å². The zero-order valence-electron chi connectivity index (χ0n) is 9.13. The Balaban J connectivity index is 3.74.